The molecule has 8 heteroatoms. The summed E-state index contributed by atoms with van der Waals surface area (Å²) in [6, 6.07) is 16.2. The molecule has 0 spiro atoms. The van der Waals surface area contributed by atoms with Gasteiger partial charge in [-0.25, -0.2) is 19.9 Å². The van der Waals surface area contributed by atoms with E-state index >= 15 is 0 Å². The van der Waals surface area contributed by atoms with Gasteiger partial charge in [-0.3, -0.25) is 0 Å². The van der Waals surface area contributed by atoms with Gasteiger partial charge in [0, 0.05) is 37.6 Å². The average molecular weight is 413 g/mol. The molecule has 0 aliphatic carbocycles. The number of nitrogens with zero attached hydrogens (tertiary/aromatic N) is 6. The van der Waals surface area contributed by atoms with Gasteiger partial charge in [0.15, 0.2) is 5.65 Å². The zero-order chi connectivity index (χ0) is 21.2. The quantitative estimate of drug-likeness (QED) is 0.545. The van der Waals surface area contributed by atoms with E-state index in [9.17, 15) is 0 Å². The first kappa shape index (κ1) is 19.2. The Kier molecular flexibility index (Phi) is 5.05. The van der Waals surface area contributed by atoms with Crippen LogP contribution in [0.5, 0.6) is 0 Å². The van der Waals surface area contributed by atoms with Gasteiger partial charge in [-0.1, -0.05) is 18.2 Å². The van der Waals surface area contributed by atoms with Crippen molar-refractivity contribution in [1.82, 2.24) is 19.9 Å². The Balaban J connectivity index is 1.58. The highest BCUT2D eigenvalue weighted by Gasteiger charge is 2.17. The number of nitrogens with two attached hydrogens (primary N) is 1. The van der Waals surface area contributed by atoms with Crippen molar-refractivity contribution in [3.63, 3.8) is 0 Å². The molecule has 31 heavy (non-hydrogen) atoms. The molecule has 0 bridgehead atoms. The summed E-state index contributed by atoms with van der Waals surface area (Å²) in [6.45, 7) is 3.16. The lowest BCUT2D eigenvalue weighted by atomic mass is 10.1. The standard InChI is InChI=1S/C23H23N7O/c1-29(17-5-3-2-4-6-17)19-13-18(28-23-21(19)22(24)26-15-27-23)16-7-8-20(25-14-16)30-9-11-31-12-10-30/h2-8,13-15H,9-12H2,1H3,(H2,24,26,27,28). The SMILES string of the molecule is CN(c1ccccc1)c1cc(-c2ccc(N3CCOCC3)nc2)nc2ncnc(N)c12. The Labute approximate surface area is 180 Å². The third-order valence-corrected chi connectivity index (χ3v) is 5.50. The summed E-state index contributed by atoms with van der Waals surface area (Å²) >= 11 is 0. The largest absolute Gasteiger partial charge is 0.383 e. The fourth-order valence-corrected chi connectivity index (χ4v) is 3.79. The van der Waals surface area contributed by atoms with Crippen molar-refractivity contribution in [1.29, 1.82) is 0 Å². The van der Waals surface area contributed by atoms with Gasteiger partial charge in [-0.15, -0.1) is 0 Å². The average Bonchev–Trinajstić information content (AvgIpc) is 2.84. The predicted octanol–water partition coefficient (Wildman–Crippen LogP) is 3.27. The number of benzene rings is 1. The zero-order valence-electron chi connectivity index (χ0n) is 17.3. The van der Waals surface area contributed by atoms with E-state index in [0.29, 0.717) is 11.5 Å². The normalized spacial score (nSPS) is 14.0. The Bertz CT molecular complexity index is 1190. The number of aromatic nitrogens is 4. The Hall–Kier alpha value is -3.78. The minimum Gasteiger partial charge on any atom is -0.383 e. The van der Waals surface area contributed by atoms with E-state index in [-0.39, 0.29) is 0 Å². The van der Waals surface area contributed by atoms with Gasteiger partial charge in [0.1, 0.15) is 18.0 Å². The zero-order valence-corrected chi connectivity index (χ0v) is 17.3. The van der Waals surface area contributed by atoms with Crippen LogP contribution < -0.4 is 15.5 Å². The monoisotopic (exact) mass is 413 g/mol. The van der Waals surface area contributed by atoms with Crippen molar-refractivity contribution in [2.24, 2.45) is 0 Å². The van der Waals surface area contributed by atoms with E-state index in [4.69, 9.17) is 15.5 Å². The molecule has 8 nitrogen and oxygen atoms in total. The van der Waals surface area contributed by atoms with Crippen LogP contribution in [0.3, 0.4) is 0 Å². The van der Waals surface area contributed by atoms with Crippen molar-refractivity contribution in [3.05, 3.63) is 61.1 Å². The molecule has 0 saturated carbocycles. The second kappa shape index (κ2) is 8.16. The number of rotatable bonds is 4. The number of fused-ring (bicyclic) bond motifs is 1. The van der Waals surface area contributed by atoms with Gasteiger partial charge in [0.2, 0.25) is 0 Å². The summed E-state index contributed by atoms with van der Waals surface area (Å²) in [5.41, 5.74) is 10.4. The van der Waals surface area contributed by atoms with Gasteiger partial charge in [0.25, 0.3) is 0 Å². The van der Waals surface area contributed by atoms with Crippen molar-refractivity contribution in [2.45, 2.75) is 0 Å². The fourth-order valence-electron chi connectivity index (χ4n) is 3.79. The summed E-state index contributed by atoms with van der Waals surface area (Å²) in [6.07, 6.45) is 3.30. The molecule has 3 aromatic heterocycles. The van der Waals surface area contributed by atoms with Gasteiger partial charge in [0.05, 0.1) is 30.0 Å². The highest BCUT2D eigenvalue weighted by atomic mass is 16.5. The molecule has 2 N–H and O–H groups in total. The first-order valence-electron chi connectivity index (χ1n) is 10.2. The molecule has 4 heterocycles. The molecular formula is C23H23N7O. The summed E-state index contributed by atoms with van der Waals surface area (Å²) in [4.78, 5) is 22.3. The maximum Gasteiger partial charge on any atom is 0.167 e. The van der Waals surface area contributed by atoms with Crippen molar-refractivity contribution in [3.8, 4) is 11.3 Å². The number of anilines is 4. The molecule has 156 valence electrons. The van der Waals surface area contributed by atoms with Crippen LogP contribution in [0, 0.1) is 0 Å². The topological polar surface area (TPSA) is 93.3 Å². The minimum atomic E-state index is 0.405. The van der Waals surface area contributed by atoms with Crippen LogP contribution in [0.1, 0.15) is 0 Å². The van der Waals surface area contributed by atoms with Crippen LogP contribution in [-0.2, 0) is 4.74 Å². The molecule has 1 aromatic carbocycles. The number of pyridine rings is 2. The van der Waals surface area contributed by atoms with E-state index in [1.54, 1.807) is 0 Å². The molecule has 0 amide bonds. The molecule has 1 aliphatic rings. The third kappa shape index (κ3) is 3.73. The van der Waals surface area contributed by atoms with Gasteiger partial charge in [-0.2, -0.15) is 0 Å². The van der Waals surface area contributed by atoms with Crippen molar-refractivity contribution < 1.29 is 4.74 Å². The lowest BCUT2D eigenvalue weighted by molar-refractivity contribution is 0.122. The van der Waals surface area contributed by atoms with Crippen LogP contribution in [0.25, 0.3) is 22.3 Å². The van der Waals surface area contributed by atoms with Crippen molar-refractivity contribution >= 4 is 34.0 Å². The molecule has 5 rings (SSSR count). The van der Waals surface area contributed by atoms with Gasteiger partial charge >= 0.3 is 0 Å². The number of ether oxygens (including phenoxy) is 1. The number of hydrogen-bond donors (Lipinski definition) is 1. The molecule has 0 unspecified atom stereocenters. The second-order valence-electron chi connectivity index (χ2n) is 7.38. The lowest BCUT2D eigenvalue weighted by Crippen LogP contribution is -2.36. The highest BCUT2D eigenvalue weighted by molar-refractivity contribution is 6.00. The molecule has 1 saturated heterocycles. The van der Waals surface area contributed by atoms with Gasteiger partial charge < -0.3 is 20.3 Å². The first-order valence-corrected chi connectivity index (χ1v) is 10.2. The fraction of sp³-hybridized carbons (Fsp3) is 0.217. The molecule has 1 fully saturated rings. The van der Waals surface area contributed by atoms with E-state index in [0.717, 1.165) is 60.1 Å². The third-order valence-electron chi connectivity index (χ3n) is 5.50. The van der Waals surface area contributed by atoms with E-state index in [1.807, 2.05) is 61.8 Å². The Morgan fingerprint density at radius 2 is 1.81 bits per heavy atom. The predicted molar refractivity (Wildman–Crippen MR) is 123 cm³/mol. The maximum absolute atomic E-state index is 6.22. The lowest BCUT2D eigenvalue weighted by Gasteiger charge is -2.27. The molecular weight excluding hydrogens is 390 g/mol. The van der Waals surface area contributed by atoms with Crippen molar-refractivity contribution in [2.75, 3.05) is 48.9 Å². The summed E-state index contributed by atoms with van der Waals surface area (Å²) in [7, 11) is 2.00. The number of nitrogen functional groups attached to an aromatic ring is 1. The van der Waals surface area contributed by atoms with E-state index in [1.165, 1.54) is 6.33 Å². The van der Waals surface area contributed by atoms with Crippen LogP contribution in [0.2, 0.25) is 0 Å². The van der Waals surface area contributed by atoms with Crippen LogP contribution in [0.15, 0.2) is 61.1 Å². The summed E-state index contributed by atoms with van der Waals surface area (Å²) < 4.78 is 5.43. The van der Waals surface area contributed by atoms with Crippen LogP contribution in [-0.4, -0.2) is 53.3 Å². The smallest absolute Gasteiger partial charge is 0.167 e. The highest BCUT2D eigenvalue weighted by Crippen LogP contribution is 2.35. The number of para-hydroxylation sites is 1. The maximum atomic E-state index is 6.22. The molecule has 0 atom stereocenters. The number of morpholine rings is 1. The molecule has 4 aromatic rings. The van der Waals surface area contributed by atoms with E-state index in [2.05, 4.69) is 24.8 Å². The Morgan fingerprint density at radius 3 is 2.55 bits per heavy atom. The van der Waals surface area contributed by atoms with Gasteiger partial charge in [-0.05, 0) is 30.3 Å². The minimum absolute atomic E-state index is 0.405. The second-order valence-corrected chi connectivity index (χ2v) is 7.38. The summed E-state index contributed by atoms with van der Waals surface area (Å²) in [5.74, 6) is 1.35. The molecule has 0 radical (unpaired) electrons. The van der Waals surface area contributed by atoms with Crippen LogP contribution >= 0.6 is 0 Å². The molecule has 1 aliphatic heterocycles. The summed E-state index contributed by atoms with van der Waals surface area (Å²) in [5, 5.41) is 0.732. The number of hydrogen-bond acceptors (Lipinski definition) is 8. The Morgan fingerprint density at radius 1 is 1.00 bits per heavy atom. The first-order chi connectivity index (χ1) is 15.2. The van der Waals surface area contributed by atoms with E-state index < -0.39 is 0 Å². The van der Waals surface area contributed by atoms with Crippen LogP contribution in [0.4, 0.5) is 23.0 Å².